The molecule has 0 fully saturated rings. The van der Waals surface area contributed by atoms with Crippen molar-refractivity contribution in [3.63, 3.8) is 0 Å². The normalized spacial score (nSPS) is 19.1. The van der Waals surface area contributed by atoms with Crippen LogP contribution in [0.25, 0.3) is 0 Å². The number of fused-ring (bicyclic) bond motifs is 1. The largest absolute Gasteiger partial charge is 0.383 e. The molecule has 1 aliphatic heterocycles. The van der Waals surface area contributed by atoms with Gasteiger partial charge in [0.15, 0.2) is 0 Å². The van der Waals surface area contributed by atoms with Crippen molar-refractivity contribution in [2.75, 3.05) is 0 Å². The minimum Gasteiger partial charge on any atom is -0.383 e. The van der Waals surface area contributed by atoms with Crippen LogP contribution in [0.3, 0.4) is 0 Å². The predicted molar refractivity (Wildman–Crippen MR) is 82.7 cm³/mol. The number of amidine groups is 1. The number of nitrogens with zero attached hydrogens (tertiary/aromatic N) is 1. The summed E-state index contributed by atoms with van der Waals surface area (Å²) in [6.07, 6.45) is 0.888. The van der Waals surface area contributed by atoms with Gasteiger partial charge >= 0.3 is 0 Å². The van der Waals surface area contributed by atoms with Crippen LogP contribution >= 0.6 is 0 Å². The maximum atomic E-state index is 6.10. The summed E-state index contributed by atoms with van der Waals surface area (Å²) in [6.45, 7) is 1.99. The van der Waals surface area contributed by atoms with Crippen LogP contribution in [0.15, 0.2) is 53.5 Å². The highest BCUT2D eigenvalue weighted by molar-refractivity contribution is 5.99. The lowest BCUT2D eigenvalue weighted by Gasteiger charge is -2.22. The Morgan fingerprint density at radius 3 is 2.75 bits per heavy atom. The first-order valence-corrected chi connectivity index (χ1v) is 6.92. The maximum Gasteiger partial charge on any atom is 0.126 e. The van der Waals surface area contributed by atoms with E-state index >= 15 is 0 Å². The molecule has 102 valence electrons. The zero-order valence-corrected chi connectivity index (χ0v) is 11.6. The van der Waals surface area contributed by atoms with Gasteiger partial charge in [-0.15, -0.1) is 0 Å². The first kappa shape index (κ1) is 12.9. The molecule has 20 heavy (non-hydrogen) atoms. The lowest BCUT2D eigenvalue weighted by Crippen LogP contribution is -2.23. The van der Waals surface area contributed by atoms with Crippen molar-refractivity contribution in [3.8, 4) is 0 Å². The van der Waals surface area contributed by atoms with Crippen molar-refractivity contribution >= 4 is 5.84 Å². The van der Waals surface area contributed by atoms with E-state index < -0.39 is 0 Å². The number of aliphatic imine (C=N–C) groups is 1. The summed E-state index contributed by atoms with van der Waals surface area (Å²) in [7, 11) is 0. The Morgan fingerprint density at radius 1 is 1.15 bits per heavy atom. The van der Waals surface area contributed by atoms with Crippen LogP contribution in [0.4, 0.5) is 0 Å². The van der Waals surface area contributed by atoms with Crippen molar-refractivity contribution in [1.29, 1.82) is 0 Å². The van der Waals surface area contributed by atoms with Crippen molar-refractivity contribution in [2.45, 2.75) is 25.4 Å². The van der Waals surface area contributed by atoms with Crippen molar-refractivity contribution in [2.24, 2.45) is 16.5 Å². The highest BCUT2D eigenvalue weighted by Gasteiger charge is 2.20. The second kappa shape index (κ2) is 5.10. The first-order chi connectivity index (χ1) is 9.65. The van der Waals surface area contributed by atoms with Gasteiger partial charge in [-0.05, 0) is 30.0 Å². The quantitative estimate of drug-likeness (QED) is 0.877. The minimum absolute atomic E-state index is 0.0344. The standard InChI is InChI=1S/C17H19N3/c1-11(18)12-6-4-7-14(9-12)16-10-13-5-2-3-8-15(13)17(19)20-16/h2-9,11,16H,10,18H2,1H3,(H2,19,20). The van der Waals surface area contributed by atoms with Gasteiger partial charge in [-0.1, -0.05) is 48.5 Å². The topological polar surface area (TPSA) is 64.4 Å². The van der Waals surface area contributed by atoms with E-state index in [2.05, 4.69) is 29.3 Å². The molecule has 3 heteroatoms. The third-order valence-electron chi connectivity index (χ3n) is 3.82. The third kappa shape index (κ3) is 2.32. The van der Waals surface area contributed by atoms with Gasteiger partial charge in [-0.25, -0.2) is 0 Å². The van der Waals surface area contributed by atoms with Crippen LogP contribution < -0.4 is 11.5 Å². The van der Waals surface area contributed by atoms with Gasteiger partial charge in [0.25, 0.3) is 0 Å². The predicted octanol–water partition coefficient (Wildman–Crippen LogP) is 2.71. The van der Waals surface area contributed by atoms with Crippen molar-refractivity contribution < 1.29 is 0 Å². The summed E-state index contributed by atoms with van der Waals surface area (Å²) in [5.41, 5.74) is 16.7. The van der Waals surface area contributed by atoms with E-state index in [-0.39, 0.29) is 12.1 Å². The van der Waals surface area contributed by atoms with Gasteiger partial charge in [-0.2, -0.15) is 0 Å². The van der Waals surface area contributed by atoms with Gasteiger partial charge in [0.05, 0.1) is 6.04 Å². The van der Waals surface area contributed by atoms with Crippen molar-refractivity contribution in [3.05, 3.63) is 70.8 Å². The average Bonchev–Trinajstić information content (AvgIpc) is 2.47. The number of rotatable bonds is 2. The number of nitrogens with two attached hydrogens (primary N) is 2. The second-order valence-electron chi connectivity index (χ2n) is 5.35. The molecule has 0 saturated heterocycles. The molecule has 4 N–H and O–H groups in total. The molecule has 2 aromatic carbocycles. The van der Waals surface area contributed by atoms with E-state index in [1.807, 2.05) is 31.2 Å². The summed E-state index contributed by atoms with van der Waals surface area (Å²) in [6, 6.07) is 16.7. The summed E-state index contributed by atoms with van der Waals surface area (Å²) in [5, 5.41) is 0. The van der Waals surface area contributed by atoms with Gasteiger partial charge in [0.1, 0.15) is 5.84 Å². The Morgan fingerprint density at radius 2 is 1.95 bits per heavy atom. The monoisotopic (exact) mass is 265 g/mol. The lowest BCUT2D eigenvalue weighted by atomic mass is 9.91. The smallest absolute Gasteiger partial charge is 0.126 e. The molecule has 0 radical (unpaired) electrons. The van der Waals surface area contributed by atoms with Crippen LogP contribution in [0, 0.1) is 0 Å². The summed E-state index contributed by atoms with van der Waals surface area (Å²) < 4.78 is 0. The number of benzene rings is 2. The number of hydrogen-bond donors (Lipinski definition) is 2. The van der Waals surface area contributed by atoms with Gasteiger partial charge in [0.2, 0.25) is 0 Å². The highest BCUT2D eigenvalue weighted by Crippen LogP contribution is 2.29. The maximum absolute atomic E-state index is 6.10. The molecule has 0 amide bonds. The second-order valence-corrected chi connectivity index (χ2v) is 5.35. The van der Waals surface area contributed by atoms with Crippen LogP contribution in [0.5, 0.6) is 0 Å². The summed E-state index contributed by atoms with van der Waals surface area (Å²) >= 11 is 0. The Hall–Kier alpha value is -2.13. The zero-order valence-electron chi connectivity index (χ0n) is 11.6. The molecule has 2 unspecified atom stereocenters. The van der Waals surface area contributed by atoms with Crippen LogP contribution in [-0.4, -0.2) is 5.84 Å². The molecule has 0 aliphatic carbocycles. The van der Waals surface area contributed by atoms with E-state index in [9.17, 15) is 0 Å². The lowest BCUT2D eigenvalue weighted by molar-refractivity contribution is 0.705. The van der Waals surface area contributed by atoms with E-state index in [1.54, 1.807) is 0 Å². The molecule has 0 aromatic heterocycles. The van der Waals surface area contributed by atoms with Crippen LogP contribution in [-0.2, 0) is 6.42 Å². The molecule has 1 aliphatic rings. The third-order valence-corrected chi connectivity index (χ3v) is 3.82. The average molecular weight is 265 g/mol. The molecular formula is C17H19N3. The Balaban J connectivity index is 1.98. The Labute approximate surface area is 119 Å². The SMILES string of the molecule is CC(N)c1cccc(C2Cc3ccccc3C(N)=N2)c1. The van der Waals surface area contributed by atoms with Crippen LogP contribution in [0.2, 0.25) is 0 Å². The number of hydrogen-bond acceptors (Lipinski definition) is 3. The molecule has 3 rings (SSSR count). The summed E-state index contributed by atoms with van der Waals surface area (Å²) in [4.78, 5) is 4.65. The van der Waals surface area contributed by atoms with Gasteiger partial charge < -0.3 is 11.5 Å². The zero-order chi connectivity index (χ0) is 14.1. The molecule has 2 aromatic rings. The molecule has 0 saturated carbocycles. The molecular weight excluding hydrogens is 246 g/mol. The molecule has 0 bridgehead atoms. The van der Waals surface area contributed by atoms with Gasteiger partial charge in [0, 0.05) is 11.6 Å². The summed E-state index contributed by atoms with van der Waals surface area (Å²) in [5.74, 6) is 0.628. The minimum atomic E-state index is 0.0344. The van der Waals surface area contributed by atoms with Crippen molar-refractivity contribution in [1.82, 2.24) is 0 Å². The molecule has 0 spiro atoms. The van der Waals surface area contributed by atoms with E-state index in [0.29, 0.717) is 5.84 Å². The van der Waals surface area contributed by atoms with E-state index in [1.165, 1.54) is 11.1 Å². The molecule has 2 atom stereocenters. The first-order valence-electron chi connectivity index (χ1n) is 6.92. The van der Waals surface area contributed by atoms with E-state index in [4.69, 9.17) is 11.5 Å². The fourth-order valence-corrected chi connectivity index (χ4v) is 2.68. The molecule has 1 heterocycles. The fraction of sp³-hybridized carbons (Fsp3) is 0.235. The Kier molecular flexibility index (Phi) is 3.28. The fourth-order valence-electron chi connectivity index (χ4n) is 2.68. The Bertz CT molecular complexity index is 659. The van der Waals surface area contributed by atoms with Gasteiger partial charge in [-0.3, -0.25) is 4.99 Å². The van der Waals surface area contributed by atoms with Crippen LogP contribution in [0.1, 0.15) is 41.3 Å². The van der Waals surface area contributed by atoms with E-state index in [0.717, 1.165) is 17.5 Å². The highest BCUT2D eigenvalue weighted by atomic mass is 14.9. The molecule has 3 nitrogen and oxygen atoms in total.